The predicted octanol–water partition coefficient (Wildman–Crippen LogP) is 2.28. The Morgan fingerprint density at radius 3 is 2.91 bits per heavy atom. The zero-order valence-corrected chi connectivity index (χ0v) is 12.0. The molecule has 4 aliphatic rings. The molecular weight excluding hydrogens is 285 g/mol. The van der Waals surface area contributed by atoms with Crippen molar-refractivity contribution in [3.8, 4) is 0 Å². The zero-order valence-electron chi connectivity index (χ0n) is 12.0. The maximum atomic E-state index is 13.2. The number of furan rings is 1. The molecule has 1 atom stereocenters. The maximum absolute atomic E-state index is 13.2. The van der Waals surface area contributed by atoms with Gasteiger partial charge in [0.2, 0.25) is 5.72 Å². The van der Waals surface area contributed by atoms with Gasteiger partial charge in [0.15, 0.2) is 5.84 Å². The molecule has 0 radical (unpaired) electrons. The molecule has 1 aromatic carbocycles. The van der Waals surface area contributed by atoms with Gasteiger partial charge in [-0.1, -0.05) is 0 Å². The van der Waals surface area contributed by atoms with E-state index in [1.165, 1.54) is 6.07 Å². The summed E-state index contributed by atoms with van der Waals surface area (Å²) in [6.45, 7) is 3.12. The lowest BCUT2D eigenvalue weighted by Crippen LogP contribution is -2.58. The summed E-state index contributed by atoms with van der Waals surface area (Å²) >= 11 is 0. The average Bonchev–Trinajstić information content (AvgIpc) is 3.10. The molecule has 5 heterocycles. The molecule has 2 bridgehead atoms. The molecule has 22 heavy (non-hydrogen) atoms. The van der Waals surface area contributed by atoms with Crippen LogP contribution in [0.25, 0.3) is 11.0 Å². The molecule has 114 valence electrons. The van der Waals surface area contributed by atoms with Crippen molar-refractivity contribution in [1.29, 1.82) is 0 Å². The number of amidine groups is 1. The molecule has 5 nitrogen and oxygen atoms in total. The Bertz CT molecular complexity index is 779. The van der Waals surface area contributed by atoms with E-state index in [4.69, 9.17) is 14.2 Å². The number of nitrogens with one attached hydrogen (secondary N) is 1. The zero-order chi connectivity index (χ0) is 14.7. The van der Waals surface area contributed by atoms with Crippen LogP contribution in [0.15, 0.2) is 33.7 Å². The quantitative estimate of drug-likeness (QED) is 0.878. The average molecular weight is 301 g/mol. The summed E-state index contributed by atoms with van der Waals surface area (Å²) in [7, 11) is 0. The van der Waals surface area contributed by atoms with Gasteiger partial charge in [0.05, 0.1) is 6.54 Å². The van der Waals surface area contributed by atoms with Gasteiger partial charge in [-0.15, -0.1) is 0 Å². The molecule has 1 spiro atoms. The smallest absolute Gasteiger partial charge is 0.278 e. The Balaban J connectivity index is 1.53. The van der Waals surface area contributed by atoms with Gasteiger partial charge in [-0.3, -0.25) is 4.90 Å². The van der Waals surface area contributed by atoms with Crippen LogP contribution in [0.5, 0.6) is 0 Å². The van der Waals surface area contributed by atoms with E-state index in [-0.39, 0.29) is 0 Å². The standard InChI is InChI=1S/C16H16FN3O2/c17-14-8-11-7-10(1-2-13(11)21-14)15-18-16(22-19-15)9-20-5-3-12(16)4-6-20/h1-2,7-8,12H,3-6,9H2,(H,18,19)/t16-/m0/s1. The first-order valence-corrected chi connectivity index (χ1v) is 7.68. The Morgan fingerprint density at radius 1 is 1.27 bits per heavy atom. The van der Waals surface area contributed by atoms with Gasteiger partial charge < -0.3 is 4.42 Å². The number of hydroxylamine groups is 1. The molecule has 2 aromatic rings. The minimum atomic E-state index is -0.571. The highest BCUT2D eigenvalue weighted by Gasteiger charge is 2.51. The molecule has 3 fully saturated rings. The number of fused-ring (bicyclic) bond motifs is 3. The summed E-state index contributed by atoms with van der Waals surface area (Å²) in [5, 5.41) is 0.731. The van der Waals surface area contributed by atoms with E-state index >= 15 is 0 Å². The predicted molar refractivity (Wildman–Crippen MR) is 78.8 cm³/mol. The molecule has 1 aromatic heterocycles. The number of piperidine rings is 3. The van der Waals surface area contributed by atoms with Crippen LogP contribution in [-0.4, -0.2) is 36.1 Å². The van der Waals surface area contributed by atoms with E-state index in [1.807, 2.05) is 12.1 Å². The van der Waals surface area contributed by atoms with Crippen molar-refractivity contribution in [3.05, 3.63) is 35.8 Å². The third kappa shape index (κ3) is 1.74. The maximum Gasteiger partial charge on any atom is 0.278 e. The van der Waals surface area contributed by atoms with Crippen LogP contribution >= 0.6 is 0 Å². The van der Waals surface area contributed by atoms with Crippen LogP contribution in [0, 0.1) is 11.9 Å². The van der Waals surface area contributed by atoms with Crippen molar-refractivity contribution in [3.63, 3.8) is 0 Å². The molecule has 0 unspecified atom stereocenters. The molecule has 6 heteroatoms. The Kier molecular flexibility index (Phi) is 2.46. The van der Waals surface area contributed by atoms with Gasteiger partial charge in [0, 0.05) is 22.9 Å². The summed E-state index contributed by atoms with van der Waals surface area (Å²) in [6.07, 6.45) is 2.26. The molecular formula is C16H16FN3O2. The Morgan fingerprint density at radius 2 is 2.14 bits per heavy atom. The monoisotopic (exact) mass is 301 g/mol. The number of hydrogen-bond acceptors (Lipinski definition) is 5. The first-order valence-electron chi connectivity index (χ1n) is 7.68. The molecule has 4 aliphatic heterocycles. The summed E-state index contributed by atoms with van der Waals surface area (Å²) in [4.78, 5) is 13.2. The molecule has 3 saturated heterocycles. The highest BCUT2D eigenvalue weighted by Crippen LogP contribution is 2.41. The number of nitrogens with zero attached hydrogens (tertiary/aromatic N) is 2. The lowest BCUT2D eigenvalue weighted by atomic mass is 9.81. The third-order valence-corrected chi connectivity index (χ3v) is 5.06. The van der Waals surface area contributed by atoms with Crippen molar-refractivity contribution in [2.24, 2.45) is 10.9 Å². The number of benzene rings is 1. The summed E-state index contributed by atoms with van der Waals surface area (Å²) in [5.74, 6) is 1.19. The highest BCUT2D eigenvalue weighted by molar-refractivity contribution is 6.01. The van der Waals surface area contributed by atoms with Crippen LogP contribution in [-0.2, 0) is 4.84 Å². The largest absolute Gasteiger partial charge is 0.431 e. The third-order valence-electron chi connectivity index (χ3n) is 5.06. The minimum absolute atomic E-state index is 0.456. The highest BCUT2D eigenvalue weighted by atomic mass is 19.1. The van der Waals surface area contributed by atoms with Crippen molar-refractivity contribution >= 4 is 16.8 Å². The van der Waals surface area contributed by atoms with E-state index in [0.29, 0.717) is 11.5 Å². The molecule has 0 aliphatic carbocycles. The van der Waals surface area contributed by atoms with Gasteiger partial charge in [-0.2, -0.15) is 4.39 Å². The first kappa shape index (κ1) is 12.6. The van der Waals surface area contributed by atoms with Crippen molar-refractivity contribution in [2.75, 3.05) is 19.6 Å². The van der Waals surface area contributed by atoms with E-state index in [2.05, 4.69) is 10.4 Å². The molecule has 1 N–H and O–H groups in total. The van der Waals surface area contributed by atoms with Gasteiger partial charge in [-0.05, 0) is 44.1 Å². The molecule has 0 saturated carbocycles. The van der Waals surface area contributed by atoms with Crippen molar-refractivity contribution in [1.82, 2.24) is 10.4 Å². The Hall–Kier alpha value is -1.92. The van der Waals surface area contributed by atoms with Crippen molar-refractivity contribution < 1.29 is 13.6 Å². The SMILES string of the molecule is Fc1cc2cc(C3=N[C@@]4(CN5CCC4CC5)ON3)ccc2o1. The van der Waals surface area contributed by atoms with E-state index in [9.17, 15) is 4.39 Å². The van der Waals surface area contributed by atoms with E-state index in [1.54, 1.807) is 6.07 Å². The lowest BCUT2D eigenvalue weighted by molar-refractivity contribution is -0.155. The van der Waals surface area contributed by atoms with Crippen LogP contribution < -0.4 is 5.48 Å². The second-order valence-corrected chi connectivity index (χ2v) is 6.36. The van der Waals surface area contributed by atoms with Gasteiger partial charge in [-0.25, -0.2) is 15.3 Å². The van der Waals surface area contributed by atoms with E-state index < -0.39 is 11.7 Å². The van der Waals surface area contributed by atoms with Gasteiger partial charge in [0.25, 0.3) is 6.01 Å². The second kappa shape index (κ2) is 4.30. The lowest BCUT2D eigenvalue weighted by Gasteiger charge is -2.47. The molecule has 0 amide bonds. The second-order valence-electron chi connectivity index (χ2n) is 6.36. The van der Waals surface area contributed by atoms with Crippen LogP contribution in [0.4, 0.5) is 4.39 Å². The number of halogens is 1. The fourth-order valence-electron chi connectivity index (χ4n) is 3.89. The van der Waals surface area contributed by atoms with Gasteiger partial charge >= 0.3 is 0 Å². The van der Waals surface area contributed by atoms with Crippen LogP contribution in [0.1, 0.15) is 18.4 Å². The van der Waals surface area contributed by atoms with Crippen molar-refractivity contribution in [2.45, 2.75) is 18.6 Å². The normalized spacial score (nSPS) is 33.4. The van der Waals surface area contributed by atoms with E-state index in [0.717, 1.165) is 49.3 Å². The molecule has 6 rings (SSSR count). The summed E-state index contributed by atoms with van der Waals surface area (Å²) in [5.41, 5.74) is 3.96. The minimum Gasteiger partial charge on any atom is -0.431 e. The fraction of sp³-hybridized carbons (Fsp3) is 0.438. The first-order chi connectivity index (χ1) is 10.7. The fourth-order valence-corrected chi connectivity index (χ4v) is 3.89. The topological polar surface area (TPSA) is 50.0 Å². The van der Waals surface area contributed by atoms with Crippen LogP contribution in [0.3, 0.4) is 0 Å². The number of rotatable bonds is 1. The summed E-state index contributed by atoms with van der Waals surface area (Å²) in [6, 6.07) is 6.33. The van der Waals surface area contributed by atoms with Crippen LogP contribution in [0.2, 0.25) is 0 Å². The number of hydrogen-bond donors (Lipinski definition) is 1. The Labute approximate surface area is 126 Å². The summed E-state index contributed by atoms with van der Waals surface area (Å²) < 4.78 is 18.1. The van der Waals surface area contributed by atoms with Gasteiger partial charge in [0.1, 0.15) is 5.58 Å². The number of aliphatic imine (C=N–C) groups is 1.